The van der Waals surface area contributed by atoms with Gasteiger partial charge < -0.3 is 14.6 Å². The van der Waals surface area contributed by atoms with Crippen molar-refractivity contribution < 1.29 is 4.79 Å². The van der Waals surface area contributed by atoms with Crippen molar-refractivity contribution in [1.82, 2.24) is 19.6 Å². The second kappa shape index (κ2) is 8.01. The van der Waals surface area contributed by atoms with Crippen LogP contribution in [0.5, 0.6) is 0 Å². The number of thiophene rings is 1. The number of imidazole rings is 1. The molecule has 1 amide bonds. The summed E-state index contributed by atoms with van der Waals surface area (Å²) < 4.78 is 2.03. The molecule has 1 unspecified atom stereocenters. The van der Waals surface area contributed by atoms with E-state index in [-0.39, 0.29) is 11.9 Å². The number of nitrogens with zero attached hydrogens (tertiary/aromatic N) is 3. The van der Waals surface area contributed by atoms with Crippen LogP contribution < -0.4 is 5.32 Å². The SMILES string of the molecule is CC(C)Cc1nc(C(=O)NCC(c2cccs2)N(C)C)c2ccccn12. The van der Waals surface area contributed by atoms with Gasteiger partial charge in [-0.1, -0.05) is 26.0 Å². The highest BCUT2D eigenvalue weighted by Gasteiger charge is 2.20. The highest BCUT2D eigenvalue weighted by molar-refractivity contribution is 7.10. The van der Waals surface area contributed by atoms with Gasteiger partial charge in [-0.05, 0) is 43.6 Å². The summed E-state index contributed by atoms with van der Waals surface area (Å²) in [6, 6.07) is 10.2. The number of carbonyl (C=O) groups is 1. The fourth-order valence-corrected chi connectivity index (χ4v) is 3.99. The zero-order valence-corrected chi connectivity index (χ0v) is 16.6. The molecule has 6 heteroatoms. The molecular weight excluding hydrogens is 344 g/mol. The van der Waals surface area contributed by atoms with Crippen molar-refractivity contribution in [2.45, 2.75) is 26.3 Å². The van der Waals surface area contributed by atoms with Gasteiger partial charge >= 0.3 is 0 Å². The van der Waals surface area contributed by atoms with Crippen molar-refractivity contribution in [2.24, 2.45) is 5.92 Å². The van der Waals surface area contributed by atoms with E-state index in [1.165, 1.54) is 4.88 Å². The number of amides is 1. The Morgan fingerprint density at radius 2 is 2.08 bits per heavy atom. The summed E-state index contributed by atoms with van der Waals surface area (Å²) in [5, 5.41) is 5.14. The lowest BCUT2D eigenvalue weighted by Crippen LogP contribution is -2.34. The summed E-state index contributed by atoms with van der Waals surface area (Å²) in [5.41, 5.74) is 1.36. The Labute approximate surface area is 158 Å². The Balaban J connectivity index is 1.81. The van der Waals surface area contributed by atoms with E-state index in [4.69, 9.17) is 0 Å². The minimum absolute atomic E-state index is 0.118. The van der Waals surface area contributed by atoms with Crippen LogP contribution in [0.1, 0.15) is 41.1 Å². The molecule has 0 aromatic carbocycles. The third kappa shape index (κ3) is 3.97. The molecule has 0 spiro atoms. The third-order valence-electron chi connectivity index (χ3n) is 4.38. The lowest BCUT2D eigenvalue weighted by molar-refractivity contribution is 0.0939. The lowest BCUT2D eigenvalue weighted by atomic mass is 10.1. The number of pyridine rings is 1. The fourth-order valence-electron chi connectivity index (χ4n) is 3.07. The van der Waals surface area contributed by atoms with Crippen LogP contribution in [0.2, 0.25) is 0 Å². The first-order chi connectivity index (χ1) is 12.5. The highest BCUT2D eigenvalue weighted by atomic mass is 32.1. The van der Waals surface area contributed by atoms with Crippen molar-refractivity contribution in [1.29, 1.82) is 0 Å². The Bertz CT molecular complexity index is 867. The van der Waals surface area contributed by atoms with Crippen molar-refractivity contribution in [3.05, 3.63) is 58.3 Å². The van der Waals surface area contributed by atoms with E-state index >= 15 is 0 Å². The average Bonchev–Trinajstić information content (AvgIpc) is 3.23. The van der Waals surface area contributed by atoms with E-state index < -0.39 is 0 Å². The molecule has 0 saturated carbocycles. The first-order valence-corrected chi connectivity index (χ1v) is 9.79. The van der Waals surface area contributed by atoms with Gasteiger partial charge in [0.25, 0.3) is 5.91 Å². The largest absolute Gasteiger partial charge is 0.349 e. The predicted molar refractivity (Wildman–Crippen MR) is 107 cm³/mol. The molecule has 3 aromatic heterocycles. The van der Waals surface area contributed by atoms with Gasteiger partial charge in [0.05, 0.1) is 11.6 Å². The molecule has 0 saturated heterocycles. The predicted octanol–water partition coefficient (Wildman–Crippen LogP) is 3.63. The Morgan fingerprint density at radius 1 is 1.27 bits per heavy atom. The number of aromatic nitrogens is 2. The normalized spacial score (nSPS) is 12.8. The monoisotopic (exact) mass is 370 g/mol. The smallest absolute Gasteiger partial charge is 0.272 e. The molecule has 3 aromatic rings. The molecule has 1 N–H and O–H groups in total. The molecule has 0 aliphatic rings. The number of likely N-dealkylation sites (N-methyl/N-ethyl adjacent to an activating group) is 1. The van der Waals surface area contributed by atoms with Crippen LogP contribution in [-0.2, 0) is 6.42 Å². The minimum atomic E-state index is -0.118. The molecule has 0 bridgehead atoms. The number of hydrogen-bond acceptors (Lipinski definition) is 4. The van der Waals surface area contributed by atoms with Crippen LogP contribution >= 0.6 is 11.3 Å². The molecule has 0 fully saturated rings. The highest BCUT2D eigenvalue weighted by Crippen LogP contribution is 2.23. The third-order valence-corrected chi connectivity index (χ3v) is 5.35. The van der Waals surface area contributed by atoms with E-state index in [0.717, 1.165) is 17.8 Å². The van der Waals surface area contributed by atoms with E-state index in [2.05, 4.69) is 40.5 Å². The minimum Gasteiger partial charge on any atom is -0.349 e. The van der Waals surface area contributed by atoms with Crippen LogP contribution in [-0.4, -0.2) is 40.8 Å². The zero-order valence-electron chi connectivity index (χ0n) is 15.8. The molecule has 138 valence electrons. The molecule has 5 nitrogen and oxygen atoms in total. The summed E-state index contributed by atoms with van der Waals surface area (Å²) in [6.45, 7) is 4.87. The second-order valence-corrected chi connectivity index (χ2v) is 8.11. The topological polar surface area (TPSA) is 49.6 Å². The summed E-state index contributed by atoms with van der Waals surface area (Å²) >= 11 is 1.71. The van der Waals surface area contributed by atoms with E-state index in [0.29, 0.717) is 18.2 Å². The van der Waals surface area contributed by atoms with Crippen LogP contribution in [0, 0.1) is 5.92 Å². The quantitative estimate of drug-likeness (QED) is 0.691. The van der Waals surface area contributed by atoms with Crippen LogP contribution in [0.15, 0.2) is 41.9 Å². The van der Waals surface area contributed by atoms with Crippen molar-refractivity contribution in [3.8, 4) is 0 Å². The molecule has 3 rings (SSSR count). The maximum Gasteiger partial charge on any atom is 0.272 e. The summed E-state index contributed by atoms with van der Waals surface area (Å²) in [7, 11) is 4.06. The van der Waals surface area contributed by atoms with Gasteiger partial charge in [-0.3, -0.25) is 4.79 Å². The number of fused-ring (bicyclic) bond motifs is 1. The van der Waals surface area contributed by atoms with Gasteiger partial charge in [0.2, 0.25) is 0 Å². The van der Waals surface area contributed by atoms with Gasteiger partial charge in [-0.15, -0.1) is 11.3 Å². The zero-order chi connectivity index (χ0) is 18.7. The van der Waals surface area contributed by atoms with E-state index in [1.807, 2.05) is 49.0 Å². The molecule has 26 heavy (non-hydrogen) atoms. The first kappa shape index (κ1) is 18.6. The standard InChI is InChI=1S/C20H26N4OS/c1-14(2)12-18-22-19(15-8-5-6-10-24(15)18)20(25)21-13-16(23(3)4)17-9-7-11-26-17/h5-11,14,16H,12-13H2,1-4H3,(H,21,25). The molecule has 3 heterocycles. The number of hydrogen-bond donors (Lipinski definition) is 1. The average molecular weight is 371 g/mol. The molecule has 0 aliphatic heterocycles. The van der Waals surface area contributed by atoms with Crippen molar-refractivity contribution in [2.75, 3.05) is 20.6 Å². The summed E-state index contributed by atoms with van der Waals surface area (Å²) in [4.78, 5) is 20.9. The van der Waals surface area contributed by atoms with Crippen LogP contribution in [0.3, 0.4) is 0 Å². The molecule has 0 aliphatic carbocycles. The van der Waals surface area contributed by atoms with Gasteiger partial charge in [0.1, 0.15) is 5.82 Å². The molecule has 0 radical (unpaired) electrons. The molecular formula is C20H26N4OS. The van der Waals surface area contributed by atoms with Gasteiger partial charge in [0, 0.05) is 24.0 Å². The maximum atomic E-state index is 12.9. The van der Waals surface area contributed by atoms with E-state index in [1.54, 1.807) is 11.3 Å². The fraction of sp³-hybridized carbons (Fsp3) is 0.400. The van der Waals surface area contributed by atoms with Crippen LogP contribution in [0.25, 0.3) is 5.52 Å². The second-order valence-electron chi connectivity index (χ2n) is 7.14. The number of nitrogens with one attached hydrogen (secondary N) is 1. The summed E-state index contributed by atoms with van der Waals surface area (Å²) in [5.74, 6) is 1.30. The van der Waals surface area contributed by atoms with Crippen molar-refractivity contribution in [3.63, 3.8) is 0 Å². The lowest BCUT2D eigenvalue weighted by Gasteiger charge is -2.23. The van der Waals surface area contributed by atoms with Gasteiger partial charge in [-0.25, -0.2) is 4.98 Å². The Morgan fingerprint density at radius 3 is 2.73 bits per heavy atom. The Kier molecular flexibility index (Phi) is 5.74. The summed E-state index contributed by atoms with van der Waals surface area (Å²) in [6.07, 6.45) is 2.82. The first-order valence-electron chi connectivity index (χ1n) is 8.91. The number of rotatable bonds is 7. The van der Waals surface area contributed by atoms with E-state index in [9.17, 15) is 4.79 Å². The Hall–Kier alpha value is -2.18. The number of carbonyl (C=O) groups excluding carboxylic acids is 1. The van der Waals surface area contributed by atoms with Crippen LogP contribution in [0.4, 0.5) is 0 Å². The van der Waals surface area contributed by atoms with Crippen molar-refractivity contribution >= 4 is 22.8 Å². The van der Waals surface area contributed by atoms with Gasteiger partial charge in [-0.2, -0.15) is 0 Å². The van der Waals surface area contributed by atoms with Gasteiger partial charge in [0.15, 0.2) is 5.69 Å². The maximum absolute atomic E-state index is 12.9. The molecule has 1 atom stereocenters.